The van der Waals surface area contributed by atoms with Gasteiger partial charge >= 0.3 is 0 Å². The molecule has 0 aliphatic heterocycles. The maximum absolute atomic E-state index is 11.8. The van der Waals surface area contributed by atoms with Gasteiger partial charge in [0.2, 0.25) is 15.9 Å². The number of carbonyl (C=O) groups is 1. The number of primary sulfonamides is 1. The molecule has 1 aliphatic carbocycles. The van der Waals surface area contributed by atoms with E-state index in [1.165, 1.54) is 49.2 Å². The van der Waals surface area contributed by atoms with Crippen LogP contribution < -0.4 is 10.5 Å². The van der Waals surface area contributed by atoms with Crippen molar-refractivity contribution in [3.05, 3.63) is 12.4 Å². The number of aromatic nitrogens is 2. The number of hydrogen-bond acceptors (Lipinski definition) is 4. The van der Waals surface area contributed by atoms with Gasteiger partial charge in [0.05, 0.1) is 6.20 Å². The number of sulfonamides is 1. The third-order valence-electron chi connectivity index (χ3n) is 4.11. The fraction of sp³-hybridized carbons (Fsp3) is 0.714. The number of rotatable bonds is 7. The zero-order chi connectivity index (χ0) is 16.0. The molecule has 7 nitrogen and oxygen atoms in total. The van der Waals surface area contributed by atoms with Crippen LogP contribution in [0.25, 0.3) is 0 Å². The summed E-state index contributed by atoms with van der Waals surface area (Å²) >= 11 is 0. The van der Waals surface area contributed by atoms with Crippen molar-refractivity contribution >= 4 is 15.9 Å². The van der Waals surface area contributed by atoms with Crippen molar-refractivity contribution in [2.24, 2.45) is 11.1 Å². The second-order valence-electron chi connectivity index (χ2n) is 5.88. The Balaban J connectivity index is 1.66. The van der Waals surface area contributed by atoms with Gasteiger partial charge in [0.25, 0.3) is 0 Å². The molecule has 0 saturated heterocycles. The van der Waals surface area contributed by atoms with E-state index in [0.29, 0.717) is 13.1 Å². The summed E-state index contributed by atoms with van der Waals surface area (Å²) in [5, 5.41) is 11.8. The molecule has 1 aliphatic rings. The molecule has 0 spiro atoms. The molecule has 2 rings (SSSR count). The highest BCUT2D eigenvalue weighted by Gasteiger charge is 2.14. The Hall–Kier alpha value is -1.41. The van der Waals surface area contributed by atoms with E-state index in [1.54, 1.807) is 0 Å². The molecule has 1 aromatic heterocycles. The summed E-state index contributed by atoms with van der Waals surface area (Å²) in [4.78, 5) is 11.7. The summed E-state index contributed by atoms with van der Waals surface area (Å²) in [6.07, 6.45) is 10.4. The number of nitrogens with one attached hydrogen (secondary N) is 1. The lowest BCUT2D eigenvalue weighted by Crippen LogP contribution is -2.27. The summed E-state index contributed by atoms with van der Waals surface area (Å²) in [5.74, 6) is 0.709. The molecule has 1 fully saturated rings. The molecule has 124 valence electrons. The molecule has 8 heteroatoms. The first kappa shape index (κ1) is 17.0. The summed E-state index contributed by atoms with van der Waals surface area (Å²) in [7, 11) is -3.73. The van der Waals surface area contributed by atoms with Gasteiger partial charge in [-0.2, -0.15) is 5.10 Å². The fourth-order valence-electron chi connectivity index (χ4n) is 2.81. The normalized spacial score (nSPS) is 16.6. The van der Waals surface area contributed by atoms with Gasteiger partial charge in [-0.1, -0.05) is 32.1 Å². The molecule has 1 amide bonds. The van der Waals surface area contributed by atoms with Crippen LogP contribution in [0.3, 0.4) is 0 Å². The average Bonchev–Trinajstić information content (AvgIpc) is 2.95. The Morgan fingerprint density at radius 1 is 1.36 bits per heavy atom. The standard InChI is InChI=1S/C14H24N4O3S/c15-22(20,21)13-10-17-18(11-13)9-7-14(19)16-8-6-12-4-2-1-3-5-12/h10-12H,1-9H2,(H,16,19)(H2,15,20,21). The van der Waals surface area contributed by atoms with Crippen molar-refractivity contribution in [2.75, 3.05) is 6.54 Å². The average molecular weight is 328 g/mol. The number of aryl methyl sites for hydroxylation is 1. The van der Waals surface area contributed by atoms with Crippen LogP contribution in [0.2, 0.25) is 0 Å². The fourth-order valence-corrected chi connectivity index (χ4v) is 3.27. The summed E-state index contributed by atoms with van der Waals surface area (Å²) in [6, 6.07) is 0. The summed E-state index contributed by atoms with van der Waals surface area (Å²) in [5.41, 5.74) is 0. The summed E-state index contributed by atoms with van der Waals surface area (Å²) < 4.78 is 23.7. The first-order valence-corrected chi connectivity index (χ1v) is 9.32. The molecule has 1 saturated carbocycles. The Kier molecular flexibility index (Phi) is 5.96. The second-order valence-corrected chi connectivity index (χ2v) is 7.44. The molecule has 0 atom stereocenters. The topological polar surface area (TPSA) is 107 Å². The zero-order valence-electron chi connectivity index (χ0n) is 12.7. The van der Waals surface area contributed by atoms with Gasteiger partial charge in [-0.3, -0.25) is 9.48 Å². The highest BCUT2D eigenvalue weighted by Crippen LogP contribution is 2.25. The van der Waals surface area contributed by atoms with Crippen LogP contribution in [-0.2, 0) is 21.4 Å². The molecular formula is C14H24N4O3S. The van der Waals surface area contributed by atoms with Crippen molar-refractivity contribution in [3.63, 3.8) is 0 Å². The van der Waals surface area contributed by atoms with E-state index in [1.807, 2.05) is 0 Å². The highest BCUT2D eigenvalue weighted by atomic mass is 32.2. The number of nitrogens with two attached hydrogens (primary N) is 1. The number of nitrogens with zero attached hydrogens (tertiary/aromatic N) is 2. The monoisotopic (exact) mass is 328 g/mol. The molecule has 0 radical (unpaired) electrons. The van der Waals surface area contributed by atoms with E-state index in [9.17, 15) is 13.2 Å². The Bertz CT molecular complexity index is 591. The molecule has 3 N–H and O–H groups in total. The van der Waals surface area contributed by atoms with Crippen molar-refractivity contribution in [1.82, 2.24) is 15.1 Å². The second kappa shape index (κ2) is 7.73. The van der Waals surface area contributed by atoms with Crippen LogP contribution in [0.5, 0.6) is 0 Å². The Labute approximate surface area is 131 Å². The molecular weight excluding hydrogens is 304 g/mol. The maximum Gasteiger partial charge on any atom is 0.241 e. The highest BCUT2D eigenvalue weighted by molar-refractivity contribution is 7.89. The lowest BCUT2D eigenvalue weighted by Gasteiger charge is -2.21. The van der Waals surface area contributed by atoms with Gasteiger partial charge in [0.15, 0.2) is 0 Å². The van der Waals surface area contributed by atoms with Gasteiger partial charge in [0.1, 0.15) is 4.90 Å². The van der Waals surface area contributed by atoms with Crippen molar-refractivity contribution in [1.29, 1.82) is 0 Å². The lowest BCUT2D eigenvalue weighted by molar-refractivity contribution is -0.121. The summed E-state index contributed by atoms with van der Waals surface area (Å²) in [6.45, 7) is 1.05. The van der Waals surface area contributed by atoms with E-state index in [4.69, 9.17) is 5.14 Å². The number of amides is 1. The molecule has 22 heavy (non-hydrogen) atoms. The SMILES string of the molecule is NS(=O)(=O)c1cnn(CCC(=O)NCCC2CCCCC2)c1. The molecule has 1 heterocycles. The largest absolute Gasteiger partial charge is 0.356 e. The molecule has 1 aromatic rings. The van der Waals surface area contributed by atoms with E-state index in [2.05, 4.69) is 10.4 Å². The van der Waals surface area contributed by atoms with E-state index in [0.717, 1.165) is 12.3 Å². The first-order chi connectivity index (χ1) is 10.4. The third kappa shape index (κ3) is 5.42. The zero-order valence-corrected chi connectivity index (χ0v) is 13.5. The van der Waals surface area contributed by atoms with Gasteiger partial charge in [0, 0.05) is 25.7 Å². The van der Waals surface area contributed by atoms with Gasteiger partial charge < -0.3 is 5.32 Å². The smallest absolute Gasteiger partial charge is 0.241 e. The Morgan fingerprint density at radius 3 is 2.73 bits per heavy atom. The third-order valence-corrected chi connectivity index (χ3v) is 4.97. The van der Waals surface area contributed by atoms with Crippen LogP contribution in [0, 0.1) is 5.92 Å². The molecule has 0 unspecified atom stereocenters. The van der Waals surface area contributed by atoms with E-state index >= 15 is 0 Å². The minimum atomic E-state index is -3.73. The molecule has 0 bridgehead atoms. The van der Waals surface area contributed by atoms with Crippen LogP contribution >= 0.6 is 0 Å². The molecule has 0 aromatic carbocycles. The Morgan fingerprint density at radius 2 is 2.09 bits per heavy atom. The van der Waals surface area contributed by atoms with Crippen molar-refractivity contribution in [3.8, 4) is 0 Å². The predicted molar refractivity (Wildman–Crippen MR) is 82.4 cm³/mol. The van der Waals surface area contributed by atoms with Crippen LogP contribution in [0.4, 0.5) is 0 Å². The predicted octanol–water partition coefficient (Wildman–Crippen LogP) is 1.01. The maximum atomic E-state index is 11.8. The lowest BCUT2D eigenvalue weighted by atomic mass is 9.87. The van der Waals surface area contributed by atoms with Crippen LogP contribution in [0.1, 0.15) is 44.9 Å². The van der Waals surface area contributed by atoms with Crippen LogP contribution in [0.15, 0.2) is 17.3 Å². The van der Waals surface area contributed by atoms with Gasteiger partial charge in [-0.15, -0.1) is 0 Å². The number of carbonyl (C=O) groups excluding carboxylic acids is 1. The van der Waals surface area contributed by atoms with Crippen molar-refractivity contribution < 1.29 is 13.2 Å². The van der Waals surface area contributed by atoms with Gasteiger partial charge in [-0.05, 0) is 12.3 Å². The minimum Gasteiger partial charge on any atom is -0.356 e. The minimum absolute atomic E-state index is 0.0368. The quantitative estimate of drug-likeness (QED) is 0.778. The van der Waals surface area contributed by atoms with Crippen molar-refractivity contribution in [2.45, 2.75) is 56.4 Å². The van der Waals surface area contributed by atoms with Crippen LogP contribution in [-0.4, -0.2) is 30.7 Å². The first-order valence-electron chi connectivity index (χ1n) is 7.77. The van der Waals surface area contributed by atoms with E-state index < -0.39 is 10.0 Å². The number of hydrogen-bond donors (Lipinski definition) is 2. The van der Waals surface area contributed by atoms with E-state index in [-0.39, 0.29) is 17.2 Å². The van der Waals surface area contributed by atoms with Gasteiger partial charge in [-0.25, -0.2) is 13.6 Å².